The normalized spacial score (nSPS) is 12.3. The molecule has 1 unspecified atom stereocenters. The number of aromatic carboxylic acids is 1. The van der Waals surface area contributed by atoms with Crippen LogP contribution < -0.4 is 10.1 Å². The fourth-order valence-corrected chi connectivity index (χ4v) is 1.94. The van der Waals surface area contributed by atoms with Gasteiger partial charge in [-0.25, -0.2) is 14.8 Å². The molecule has 0 aliphatic carbocycles. The molecule has 0 spiro atoms. The van der Waals surface area contributed by atoms with Crippen molar-refractivity contribution in [1.82, 2.24) is 15.3 Å². The predicted octanol–water partition coefficient (Wildman–Crippen LogP) is 2.39. The number of hydrogen-bond donors (Lipinski definition) is 2. The maximum absolute atomic E-state index is 12.9. The van der Waals surface area contributed by atoms with E-state index in [0.717, 1.165) is 18.5 Å². The lowest BCUT2D eigenvalue weighted by Crippen LogP contribution is -2.37. The monoisotopic (exact) mass is 369 g/mol. The highest BCUT2D eigenvalue weighted by Gasteiger charge is 2.34. The first-order chi connectivity index (χ1) is 12.2. The molecule has 2 aromatic rings. The molecule has 2 N–H and O–H groups in total. The summed E-state index contributed by atoms with van der Waals surface area (Å²) in [5, 5.41) is 11.2. The Morgan fingerprint density at radius 2 is 1.81 bits per heavy atom. The summed E-state index contributed by atoms with van der Waals surface area (Å²) >= 11 is 0. The van der Waals surface area contributed by atoms with Crippen LogP contribution in [0.2, 0.25) is 0 Å². The summed E-state index contributed by atoms with van der Waals surface area (Å²) in [5.74, 6) is -2.28. The molecule has 0 radical (unpaired) electrons. The minimum Gasteiger partial charge on any atom is -0.491 e. The molecule has 0 bridgehead atoms. The van der Waals surface area contributed by atoms with Gasteiger partial charge in [0.25, 0.3) is 5.91 Å². The Balaban J connectivity index is 1.96. The Bertz CT molecular complexity index is 794. The van der Waals surface area contributed by atoms with Gasteiger partial charge in [0, 0.05) is 0 Å². The zero-order chi connectivity index (χ0) is 19.3. The van der Waals surface area contributed by atoms with Crippen LogP contribution in [0.25, 0.3) is 0 Å². The molecule has 7 nitrogen and oxygen atoms in total. The number of carboxylic acids is 1. The Morgan fingerprint density at radius 3 is 2.38 bits per heavy atom. The van der Waals surface area contributed by atoms with Gasteiger partial charge in [-0.1, -0.05) is 12.1 Å². The summed E-state index contributed by atoms with van der Waals surface area (Å²) in [4.78, 5) is 29.9. The van der Waals surface area contributed by atoms with E-state index in [0.29, 0.717) is 0 Å². The Labute approximate surface area is 145 Å². The fourth-order valence-electron chi connectivity index (χ4n) is 1.94. The van der Waals surface area contributed by atoms with Crippen LogP contribution in [0.1, 0.15) is 33.5 Å². The number of ether oxygens (including phenoxy) is 1. The fraction of sp³-hybridized carbons (Fsp3) is 0.250. The molecule has 10 heteroatoms. The lowest BCUT2D eigenvalue weighted by atomic mass is 10.2. The van der Waals surface area contributed by atoms with Crippen LogP contribution in [0.5, 0.6) is 5.75 Å². The van der Waals surface area contributed by atoms with E-state index in [2.05, 4.69) is 15.3 Å². The van der Waals surface area contributed by atoms with E-state index in [1.807, 2.05) is 0 Å². The number of carbonyl (C=O) groups excluding carboxylic acids is 1. The molecule has 0 saturated heterocycles. The minimum absolute atomic E-state index is 0.127. The number of para-hydroxylation sites is 1. The molecule has 1 atom stereocenters. The SMILES string of the molecule is CC(COc1ccccc1C(F)(F)F)NC(=O)c1cnc(C(=O)O)cn1. The van der Waals surface area contributed by atoms with E-state index in [4.69, 9.17) is 9.84 Å². The van der Waals surface area contributed by atoms with Crippen molar-refractivity contribution in [3.05, 3.63) is 53.6 Å². The third-order valence-electron chi connectivity index (χ3n) is 3.16. The van der Waals surface area contributed by atoms with Gasteiger partial charge in [0.1, 0.15) is 18.1 Å². The van der Waals surface area contributed by atoms with Crippen molar-refractivity contribution in [2.75, 3.05) is 6.61 Å². The van der Waals surface area contributed by atoms with Gasteiger partial charge in [-0.2, -0.15) is 13.2 Å². The lowest BCUT2D eigenvalue weighted by molar-refractivity contribution is -0.139. The zero-order valence-electron chi connectivity index (χ0n) is 13.4. The second kappa shape index (κ2) is 7.81. The van der Waals surface area contributed by atoms with Crippen molar-refractivity contribution in [1.29, 1.82) is 0 Å². The summed E-state index contributed by atoms with van der Waals surface area (Å²) in [7, 11) is 0. The predicted molar refractivity (Wildman–Crippen MR) is 82.9 cm³/mol. The number of alkyl halides is 3. The number of carbonyl (C=O) groups is 2. The number of aromatic nitrogens is 2. The van der Waals surface area contributed by atoms with Crippen molar-refractivity contribution in [2.45, 2.75) is 19.1 Å². The quantitative estimate of drug-likeness (QED) is 0.811. The summed E-state index contributed by atoms with van der Waals surface area (Å²) < 4.78 is 43.8. The summed E-state index contributed by atoms with van der Waals surface area (Å²) in [5.41, 5.74) is -1.35. The third-order valence-corrected chi connectivity index (χ3v) is 3.16. The maximum Gasteiger partial charge on any atom is 0.419 e. The van der Waals surface area contributed by atoms with E-state index >= 15 is 0 Å². The number of carboxylic acid groups (broad SMARTS) is 1. The number of nitrogens with one attached hydrogen (secondary N) is 1. The first-order valence-corrected chi connectivity index (χ1v) is 7.33. The molecule has 1 amide bonds. The molecular weight excluding hydrogens is 355 g/mol. The number of nitrogens with zero attached hydrogens (tertiary/aromatic N) is 2. The average molecular weight is 369 g/mol. The Morgan fingerprint density at radius 1 is 1.19 bits per heavy atom. The smallest absolute Gasteiger partial charge is 0.419 e. The largest absolute Gasteiger partial charge is 0.491 e. The number of hydrogen-bond acceptors (Lipinski definition) is 5. The highest BCUT2D eigenvalue weighted by Crippen LogP contribution is 2.35. The molecule has 1 aromatic carbocycles. The van der Waals surface area contributed by atoms with E-state index in [-0.39, 0.29) is 23.7 Å². The average Bonchev–Trinajstić information content (AvgIpc) is 2.59. The van der Waals surface area contributed by atoms with Gasteiger partial charge in [0.2, 0.25) is 0 Å². The molecule has 26 heavy (non-hydrogen) atoms. The molecule has 2 rings (SSSR count). The van der Waals surface area contributed by atoms with Gasteiger partial charge in [0.15, 0.2) is 5.69 Å². The van der Waals surface area contributed by atoms with Gasteiger partial charge in [-0.15, -0.1) is 0 Å². The summed E-state index contributed by atoms with van der Waals surface area (Å²) in [6.45, 7) is 1.33. The van der Waals surface area contributed by atoms with E-state index in [1.165, 1.54) is 25.1 Å². The van der Waals surface area contributed by atoms with Crippen LogP contribution in [-0.4, -0.2) is 39.6 Å². The number of halogens is 3. The molecule has 1 heterocycles. The van der Waals surface area contributed by atoms with Crippen LogP contribution in [0.15, 0.2) is 36.7 Å². The van der Waals surface area contributed by atoms with Crippen LogP contribution >= 0.6 is 0 Å². The topological polar surface area (TPSA) is 101 Å². The second-order valence-electron chi connectivity index (χ2n) is 5.27. The Hall–Kier alpha value is -3.17. The number of rotatable bonds is 6. The first-order valence-electron chi connectivity index (χ1n) is 7.33. The lowest BCUT2D eigenvalue weighted by Gasteiger charge is -2.17. The van der Waals surface area contributed by atoms with Gasteiger partial charge >= 0.3 is 12.1 Å². The molecule has 0 fully saturated rings. The van der Waals surface area contributed by atoms with E-state index < -0.39 is 29.7 Å². The second-order valence-corrected chi connectivity index (χ2v) is 5.27. The zero-order valence-corrected chi connectivity index (χ0v) is 13.4. The molecule has 0 aliphatic heterocycles. The van der Waals surface area contributed by atoms with Crippen molar-refractivity contribution in [3.63, 3.8) is 0 Å². The first kappa shape index (κ1) is 19.2. The van der Waals surface area contributed by atoms with E-state index in [1.54, 1.807) is 0 Å². The molecule has 0 saturated carbocycles. The molecule has 138 valence electrons. The van der Waals surface area contributed by atoms with Crippen LogP contribution in [0.4, 0.5) is 13.2 Å². The maximum atomic E-state index is 12.9. The molecular formula is C16H14F3N3O4. The van der Waals surface area contributed by atoms with Crippen molar-refractivity contribution in [3.8, 4) is 5.75 Å². The van der Waals surface area contributed by atoms with Crippen molar-refractivity contribution in [2.24, 2.45) is 0 Å². The van der Waals surface area contributed by atoms with E-state index in [9.17, 15) is 22.8 Å². The number of amides is 1. The number of benzene rings is 1. The molecule has 0 aliphatic rings. The highest BCUT2D eigenvalue weighted by atomic mass is 19.4. The highest BCUT2D eigenvalue weighted by molar-refractivity contribution is 5.92. The third kappa shape index (κ3) is 4.91. The van der Waals surface area contributed by atoms with Crippen molar-refractivity contribution < 1.29 is 32.6 Å². The van der Waals surface area contributed by atoms with Crippen molar-refractivity contribution >= 4 is 11.9 Å². The standard InChI is InChI=1S/C16H14F3N3O4/c1-9(8-26-13-5-3-2-4-10(13)16(17,18)19)22-14(23)11-6-21-12(7-20-11)15(24)25/h2-7,9H,8H2,1H3,(H,22,23)(H,24,25). The minimum atomic E-state index is -4.55. The van der Waals surface area contributed by atoms with Gasteiger partial charge in [0.05, 0.1) is 24.0 Å². The van der Waals surface area contributed by atoms with Gasteiger partial charge < -0.3 is 15.2 Å². The van der Waals surface area contributed by atoms with Gasteiger partial charge in [-0.05, 0) is 19.1 Å². The van der Waals surface area contributed by atoms with Crippen LogP contribution in [-0.2, 0) is 6.18 Å². The van der Waals surface area contributed by atoms with Crippen LogP contribution in [0, 0.1) is 0 Å². The van der Waals surface area contributed by atoms with Crippen LogP contribution in [0.3, 0.4) is 0 Å². The summed E-state index contributed by atoms with van der Waals surface area (Å²) in [6, 6.07) is 4.11. The summed E-state index contributed by atoms with van der Waals surface area (Å²) in [6.07, 6.45) is -2.63. The molecule has 1 aromatic heterocycles. The Kier molecular flexibility index (Phi) is 5.75. The van der Waals surface area contributed by atoms with Gasteiger partial charge in [-0.3, -0.25) is 4.79 Å².